The lowest BCUT2D eigenvalue weighted by atomic mass is 9.87. The van der Waals surface area contributed by atoms with Gasteiger partial charge in [0.1, 0.15) is 0 Å². The summed E-state index contributed by atoms with van der Waals surface area (Å²) < 4.78 is 5.01. The Bertz CT molecular complexity index is 819. The molecular formula is C19H21N3O4S. The molecule has 7 nitrogen and oxygen atoms in total. The van der Waals surface area contributed by atoms with E-state index >= 15 is 0 Å². The van der Waals surface area contributed by atoms with Gasteiger partial charge in [0, 0.05) is 11.6 Å². The predicted molar refractivity (Wildman–Crippen MR) is 106 cm³/mol. The van der Waals surface area contributed by atoms with Crippen LogP contribution in [-0.4, -0.2) is 41.0 Å². The molecule has 1 atom stereocenters. The molecule has 0 saturated heterocycles. The first-order valence-electron chi connectivity index (χ1n) is 8.97. The van der Waals surface area contributed by atoms with E-state index in [1.807, 2.05) is 0 Å². The molecule has 3 amide bonds. The first kappa shape index (κ1) is 19.3. The number of thioether (sulfide) groups is 1. The van der Waals surface area contributed by atoms with E-state index in [4.69, 9.17) is 4.74 Å². The summed E-state index contributed by atoms with van der Waals surface area (Å²) in [7, 11) is 0. The van der Waals surface area contributed by atoms with E-state index in [9.17, 15) is 14.4 Å². The number of esters is 1. The van der Waals surface area contributed by atoms with E-state index in [1.165, 1.54) is 11.8 Å². The number of para-hydroxylation sites is 1. The Morgan fingerprint density at radius 1 is 1.26 bits per heavy atom. The highest BCUT2D eigenvalue weighted by Gasteiger charge is 2.30. The molecule has 1 aromatic carbocycles. The Labute approximate surface area is 161 Å². The number of ether oxygens (including phenoxy) is 1. The lowest BCUT2D eigenvalue weighted by Crippen LogP contribution is -2.31. The Balaban J connectivity index is 1.62. The van der Waals surface area contributed by atoms with E-state index in [2.05, 4.69) is 15.3 Å². The minimum absolute atomic E-state index is 0.0565. The van der Waals surface area contributed by atoms with Crippen LogP contribution in [0.4, 0.5) is 10.5 Å². The summed E-state index contributed by atoms with van der Waals surface area (Å²) in [5, 5.41) is 3.41. The van der Waals surface area contributed by atoms with Gasteiger partial charge in [-0.2, -0.15) is 4.99 Å². The van der Waals surface area contributed by atoms with Gasteiger partial charge in [0.25, 0.3) is 0 Å². The van der Waals surface area contributed by atoms with Crippen LogP contribution >= 0.6 is 11.8 Å². The van der Waals surface area contributed by atoms with Crippen molar-refractivity contribution >= 4 is 46.1 Å². The number of amides is 3. The Morgan fingerprint density at radius 2 is 2.07 bits per heavy atom. The zero-order chi connectivity index (χ0) is 19.2. The minimum atomic E-state index is -0.487. The number of urea groups is 1. The van der Waals surface area contributed by atoms with Crippen molar-refractivity contribution < 1.29 is 19.1 Å². The van der Waals surface area contributed by atoms with Gasteiger partial charge in [-0.1, -0.05) is 30.3 Å². The summed E-state index contributed by atoms with van der Waals surface area (Å²) in [5.41, 5.74) is 1.60. The van der Waals surface area contributed by atoms with Gasteiger partial charge in [-0.15, -0.1) is 0 Å². The fourth-order valence-corrected chi connectivity index (χ4v) is 4.10. The third-order valence-corrected chi connectivity index (χ3v) is 5.45. The summed E-state index contributed by atoms with van der Waals surface area (Å²) >= 11 is 1.26. The highest BCUT2D eigenvalue weighted by molar-refractivity contribution is 8.14. The maximum absolute atomic E-state index is 12.4. The van der Waals surface area contributed by atoms with Gasteiger partial charge < -0.3 is 10.1 Å². The summed E-state index contributed by atoms with van der Waals surface area (Å²) in [6, 6.07) is 6.22. The number of nitrogens with one attached hydrogen (secondary N) is 1. The monoisotopic (exact) mass is 387 g/mol. The third kappa shape index (κ3) is 4.82. The highest BCUT2D eigenvalue weighted by Crippen LogP contribution is 2.30. The van der Waals surface area contributed by atoms with Gasteiger partial charge in [0.15, 0.2) is 0 Å². The zero-order valence-corrected chi connectivity index (χ0v) is 15.9. The second-order valence-corrected chi connectivity index (χ2v) is 7.23. The molecule has 1 N–H and O–H groups in total. The largest absolute Gasteiger partial charge is 0.462 e. The maximum Gasteiger partial charge on any atom is 0.367 e. The molecule has 2 aliphatic rings. The second-order valence-electron chi connectivity index (χ2n) is 6.24. The number of hydrogen-bond acceptors (Lipinski definition) is 5. The van der Waals surface area contributed by atoms with Gasteiger partial charge in [-0.05, 0) is 38.3 Å². The van der Waals surface area contributed by atoms with Gasteiger partial charge in [0.05, 0.1) is 28.7 Å². The molecular weight excluding hydrogens is 366 g/mol. The van der Waals surface area contributed by atoms with Crippen molar-refractivity contribution in [3.05, 3.63) is 29.8 Å². The van der Waals surface area contributed by atoms with Crippen molar-refractivity contribution in [2.24, 2.45) is 15.9 Å². The zero-order valence-electron chi connectivity index (χ0n) is 15.1. The highest BCUT2D eigenvalue weighted by atomic mass is 32.2. The molecule has 1 aromatic rings. The topological polar surface area (TPSA) is 97.2 Å². The summed E-state index contributed by atoms with van der Waals surface area (Å²) in [4.78, 5) is 44.1. The number of aliphatic imine (C=N–C) groups is 2. The number of benzene rings is 1. The van der Waals surface area contributed by atoms with Gasteiger partial charge in [-0.25, -0.2) is 14.6 Å². The van der Waals surface area contributed by atoms with Gasteiger partial charge in [-0.3, -0.25) is 4.79 Å². The first-order valence-corrected chi connectivity index (χ1v) is 9.96. The SMILES string of the molecule is CCOC(=O)c1ccccc1NC(=O)CSC1=NC(=O)N=C2CCCCC21. The summed E-state index contributed by atoms with van der Waals surface area (Å²) in [6.07, 6.45) is 3.82. The molecule has 3 rings (SSSR count). The third-order valence-electron chi connectivity index (χ3n) is 4.37. The summed E-state index contributed by atoms with van der Waals surface area (Å²) in [5.74, 6) is -0.591. The molecule has 1 saturated carbocycles. The molecule has 1 aliphatic heterocycles. The molecule has 27 heavy (non-hydrogen) atoms. The average Bonchev–Trinajstić information content (AvgIpc) is 2.66. The van der Waals surface area contributed by atoms with E-state index in [0.717, 1.165) is 31.4 Å². The van der Waals surface area contributed by atoms with E-state index in [1.54, 1.807) is 31.2 Å². The van der Waals surface area contributed by atoms with Crippen LogP contribution in [0, 0.1) is 5.92 Å². The standard InChI is InChI=1S/C19H21N3O4S/c1-2-26-18(24)13-8-4-6-10-15(13)20-16(23)11-27-17-12-7-3-5-9-14(12)21-19(25)22-17/h4,6,8,10,12H,2-3,5,7,9,11H2,1H3,(H,20,23). The molecule has 0 bridgehead atoms. The van der Waals surface area contributed by atoms with Crippen LogP contribution in [0.25, 0.3) is 0 Å². The minimum Gasteiger partial charge on any atom is -0.462 e. The predicted octanol–water partition coefficient (Wildman–Crippen LogP) is 3.70. The number of carbonyl (C=O) groups excluding carboxylic acids is 3. The molecule has 0 spiro atoms. The van der Waals surface area contributed by atoms with Crippen molar-refractivity contribution in [2.75, 3.05) is 17.7 Å². The molecule has 1 unspecified atom stereocenters. The number of anilines is 1. The van der Waals surface area contributed by atoms with Crippen molar-refractivity contribution in [3.8, 4) is 0 Å². The van der Waals surface area contributed by atoms with Gasteiger partial charge in [0.2, 0.25) is 5.91 Å². The van der Waals surface area contributed by atoms with Crippen molar-refractivity contribution in [1.29, 1.82) is 0 Å². The number of hydrogen-bond donors (Lipinski definition) is 1. The lowest BCUT2D eigenvalue weighted by molar-refractivity contribution is -0.113. The molecule has 1 aliphatic carbocycles. The quantitative estimate of drug-likeness (QED) is 0.777. The molecule has 0 radical (unpaired) electrons. The van der Waals surface area contributed by atoms with Crippen LogP contribution in [0.5, 0.6) is 0 Å². The average molecular weight is 387 g/mol. The van der Waals surface area contributed by atoms with Crippen LogP contribution in [-0.2, 0) is 9.53 Å². The van der Waals surface area contributed by atoms with Crippen molar-refractivity contribution in [2.45, 2.75) is 32.6 Å². The lowest BCUT2D eigenvalue weighted by Gasteiger charge is -2.26. The van der Waals surface area contributed by atoms with E-state index in [-0.39, 0.29) is 24.2 Å². The number of carbonyl (C=O) groups is 3. The first-order chi connectivity index (χ1) is 13.1. The normalized spacial score (nSPS) is 18.9. The van der Waals surface area contributed by atoms with Crippen LogP contribution < -0.4 is 5.32 Å². The van der Waals surface area contributed by atoms with Crippen LogP contribution in [0.3, 0.4) is 0 Å². The van der Waals surface area contributed by atoms with Crippen LogP contribution in [0.15, 0.2) is 34.3 Å². The maximum atomic E-state index is 12.4. The van der Waals surface area contributed by atoms with E-state index < -0.39 is 12.0 Å². The molecule has 0 aromatic heterocycles. The molecule has 8 heteroatoms. The second kappa shape index (κ2) is 8.94. The summed E-state index contributed by atoms with van der Waals surface area (Å²) in [6.45, 7) is 1.99. The Hall–Kier alpha value is -2.48. The van der Waals surface area contributed by atoms with Crippen molar-refractivity contribution in [3.63, 3.8) is 0 Å². The smallest absolute Gasteiger partial charge is 0.367 e. The molecule has 1 fully saturated rings. The fourth-order valence-electron chi connectivity index (χ4n) is 3.15. The van der Waals surface area contributed by atoms with Crippen LogP contribution in [0.1, 0.15) is 43.0 Å². The Kier molecular flexibility index (Phi) is 6.39. The van der Waals surface area contributed by atoms with E-state index in [0.29, 0.717) is 16.3 Å². The van der Waals surface area contributed by atoms with Crippen molar-refractivity contribution in [1.82, 2.24) is 0 Å². The Morgan fingerprint density at radius 3 is 2.89 bits per heavy atom. The van der Waals surface area contributed by atoms with Crippen LogP contribution in [0.2, 0.25) is 0 Å². The number of fused-ring (bicyclic) bond motifs is 1. The van der Waals surface area contributed by atoms with Gasteiger partial charge >= 0.3 is 12.0 Å². The molecule has 142 valence electrons. The molecule has 1 heterocycles. The fraction of sp³-hybridized carbons (Fsp3) is 0.421. The number of nitrogens with zero attached hydrogens (tertiary/aromatic N) is 2. The number of rotatable bonds is 5.